The van der Waals surface area contributed by atoms with Crippen molar-refractivity contribution in [1.29, 1.82) is 0 Å². The molecule has 0 saturated heterocycles. The monoisotopic (exact) mass is 314 g/mol. The lowest BCUT2D eigenvalue weighted by Gasteiger charge is -2.08. The molecule has 4 nitrogen and oxygen atoms in total. The molecule has 3 aromatic rings. The highest BCUT2D eigenvalue weighted by Gasteiger charge is 2.11. The molecule has 0 atom stereocenters. The summed E-state index contributed by atoms with van der Waals surface area (Å²) < 4.78 is 2.23. The van der Waals surface area contributed by atoms with E-state index in [0.717, 1.165) is 36.2 Å². The number of nitrogens with zero attached hydrogens (tertiary/aromatic N) is 2. The van der Waals surface area contributed by atoms with E-state index >= 15 is 0 Å². The Hall–Kier alpha value is -2.14. The van der Waals surface area contributed by atoms with Gasteiger partial charge in [-0.2, -0.15) is 0 Å². The van der Waals surface area contributed by atoms with Gasteiger partial charge in [0.2, 0.25) is 0 Å². The van der Waals surface area contributed by atoms with Gasteiger partial charge in [0.05, 0.1) is 11.0 Å². The number of hydrogen-bond acceptors (Lipinski definition) is 3. The van der Waals surface area contributed by atoms with Crippen molar-refractivity contribution in [2.24, 2.45) is 0 Å². The number of carboxylic acids is 1. The fourth-order valence-corrected chi connectivity index (χ4v) is 3.33. The van der Waals surface area contributed by atoms with E-state index in [-0.39, 0.29) is 6.42 Å². The van der Waals surface area contributed by atoms with Crippen molar-refractivity contribution < 1.29 is 9.90 Å². The predicted molar refractivity (Wildman–Crippen MR) is 88.3 cm³/mol. The molecule has 5 heteroatoms. The standard InChI is InChI=1S/C17H18N2O2S/c20-17(21)9-3-4-10-19-15-8-2-1-7-14(15)18-16(19)12-13-6-5-11-22-13/h1-2,5-8,11H,3-4,9-10,12H2,(H,20,21). The normalized spacial score (nSPS) is 11.1. The lowest BCUT2D eigenvalue weighted by Crippen LogP contribution is -2.05. The summed E-state index contributed by atoms with van der Waals surface area (Å²) in [6, 6.07) is 12.3. The molecule has 2 aromatic heterocycles. The van der Waals surface area contributed by atoms with E-state index in [1.165, 1.54) is 4.88 Å². The van der Waals surface area contributed by atoms with Crippen LogP contribution in [0.25, 0.3) is 11.0 Å². The van der Waals surface area contributed by atoms with Crippen LogP contribution in [0, 0.1) is 0 Å². The lowest BCUT2D eigenvalue weighted by atomic mass is 10.2. The molecule has 0 bridgehead atoms. The summed E-state index contributed by atoms with van der Waals surface area (Å²) in [6.07, 6.45) is 2.60. The minimum absolute atomic E-state index is 0.229. The second-order valence-electron chi connectivity index (χ2n) is 5.28. The van der Waals surface area contributed by atoms with Crippen molar-refractivity contribution in [1.82, 2.24) is 9.55 Å². The molecule has 0 fully saturated rings. The molecule has 2 heterocycles. The van der Waals surface area contributed by atoms with Crippen LogP contribution in [-0.4, -0.2) is 20.6 Å². The van der Waals surface area contributed by atoms with Crippen LogP contribution in [-0.2, 0) is 17.8 Å². The lowest BCUT2D eigenvalue weighted by molar-refractivity contribution is -0.137. The Balaban J connectivity index is 1.82. The molecule has 0 amide bonds. The Bertz CT molecular complexity index is 762. The van der Waals surface area contributed by atoms with Crippen LogP contribution in [0.1, 0.15) is 30.0 Å². The van der Waals surface area contributed by atoms with Gasteiger partial charge in [-0.3, -0.25) is 4.79 Å². The Morgan fingerprint density at radius 2 is 2.05 bits per heavy atom. The third-order valence-electron chi connectivity index (χ3n) is 3.67. The number of aliphatic carboxylic acids is 1. The molecule has 0 aliphatic rings. The molecule has 0 aliphatic carbocycles. The molecule has 3 rings (SSSR count). The smallest absolute Gasteiger partial charge is 0.303 e. The summed E-state index contributed by atoms with van der Waals surface area (Å²) in [7, 11) is 0. The Kier molecular flexibility index (Phi) is 4.53. The maximum atomic E-state index is 10.6. The first-order valence-corrected chi connectivity index (χ1v) is 8.30. The molecule has 0 saturated carbocycles. The van der Waals surface area contributed by atoms with Gasteiger partial charge >= 0.3 is 5.97 Å². The van der Waals surface area contributed by atoms with E-state index in [4.69, 9.17) is 10.1 Å². The average Bonchev–Trinajstić information content (AvgIpc) is 3.12. The first-order chi connectivity index (χ1) is 10.7. The summed E-state index contributed by atoms with van der Waals surface area (Å²) in [5.41, 5.74) is 2.14. The molecular formula is C17H18N2O2S. The van der Waals surface area contributed by atoms with E-state index < -0.39 is 5.97 Å². The van der Waals surface area contributed by atoms with Crippen molar-refractivity contribution in [3.63, 3.8) is 0 Å². The van der Waals surface area contributed by atoms with Crippen LogP contribution in [0.3, 0.4) is 0 Å². The summed E-state index contributed by atoms with van der Waals surface area (Å²) in [5.74, 6) is 0.327. The number of benzene rings is 1. The number of para-hydroxylation sites is 2. The zero-order chi connectivity index (χ0) is 15.4. The average molecular weight is 314 g/mol. The Morgan fingerprint density at radius 3 is 2.82 bits per heavy atom. The Morgan fingerprint density at radius 1 is 1.18 bits per heavy atom. The maximum Gasteiger partial charge on any atom is 0.303 e. The number of unbranched alkanes of at least 4 members (excludes halogenated alkanes) is 1. The van der Waals surface area contributed by atoms with Crippen LogP contribution in [0.2, 0.25) is 0 Å². The largest absolute Gasteiger partial charge is 0.481 e. The number of carboxylic acid groups (broad SMARTS) is 1. The summed E-state index contributed by atoms with van der Waals surface area (Å²) >= 11 is 1.74. The fourth-order valence-electron chi connectivity index (χ4n) is 2.62. The summed E-state index contributed by atoms with van der Waals surface area (Å²) in [5, 5.41) is 10.8. The zero-order valence-corrected chi connectivity index (χ0v) is 13.1. The van der Waals surface area contributed by atoms with Crippen LogP contribution < -0.4 is 0 Å². The predicted octanol–water partition coefficient (Wildman–Crippen LogP) is 3.94. The highest BCUT2D eigenvalue weighted by Crippen LogP contribution is 2.21. The molecule has 1 aromatic carbocycles. The van der Waals surface area contributed by atoms with Crippen molar-refractivity contribution in [3.05, 3.63) is 52.5 Å². The zero-order valence-electron chi connectivity index (χ0n) is 12.2. The van der Waals surface area contributed by atoms with E-state index in [0.29, 0.717) is 6.42 Å². The van der Waals surface area contributed by atoms with E-state index in [2.05, 4.69) is 28.1 Å². The number of aromatic nitrogens is 2. The topological polar surface area (TPSA) is 55.1 Å². The number of imidazole rings is 1. The van der Waals surface area contributed by atoms with Crippen LogP contribution >= 0.6 is 11.3 Å². The minimum atomic E-state index is -0.728. The van der Waals surface area contributed by atoms with Gasteiger partial charge in [0.25, 0.3) is 0 Å². The molecule has 1 N–H and O–H groups in total. The van der Waals surface area contributed by atoms with Gasteiger partial charge in [0.15, 0.2) is 0 Å². The number of fused-ring (bicyclic) bond motifs is 1. The van der Waals surface area contributed by atoms with Crippen LogP contribution in [0.15, 0.2) is 41.8 Å². The number of rotatable bonds is 7. The minimum Gasteiger partial charge on any atom is -0.481 e. The van der Waals surface area contributed by atoms with Gasteiger partial charge in [0, 0.05) is 24.3 Å². The molecule has 114 valence electrons. The van der Waals surface area contributed by atoms with Gasteiger partial charge in [0.1, 0.15) is 5.82 Å². The van der Waals surface area contributed by atoms with Crippen LogP contribution in [0.4, 0.5) is 0 Å². The first kappa shape index (κ1) is 14.8. The number of hydrogen-bond donors (Lipinski definition) is 1. The molecule has 0 aliphatic heterocycles. The van der Waals surface area contributed by atoms with Gasteiger partial charge in [-0.05, 0) is 36.4 Å². The van der Waals surface area contributed by atoms with Crippen molar-refractivity contribution in [2.45, 2.75) is 32.2 Å². The third-order valence-corrected chi connectivity index (χ3v) is 4.54. The van der Waals surface area contributed by atoms with E-state index in [9.17, 15) is 4.79 Å². The molecule has 0 spiro atoms. The molecule has 0 radical (unpaired) electrons. The summed E-state index contributed by atoms with van der Waals surface area (Å²) in [4.78, 5) is 16.7. The highest BCUT2D eigenvalue weighted by atomic mass is 32.1. The molecule has 0 unspecified atom stereocenters. The number of thiophene rings is 1. The number of aryl methyl sites for hydroxylation is 1. The van der Waals surface area contributed by atoms with Gasteiger partial charge < -0.3 is 9.67 Å². The van der Waals surface area contributed by atoms with Gasteiger partial charge in [-0.1, -0.05) is 18.2 Å². The maximum absolute atomic E-state index is 10.6. The third kappa shape index (κ3) is 3.36. The van der Waals surface area contributed by atoms with Crippen LogP contribution in [0.5, 0.6) is 0 Å². The van der Waals surface area contributed by atoms with Crippen molar-refractivity contribution in [2.75, 3.05) is 0 Å². The second kappa shape index (κ2) is 6.75. The first-order valence-electron chi connectivity index (χ1n) is 7.42. The summed E-state index contributed by atoms with van der Waals surface area (Å²) in [6.45, 7) is 0.814. The number of carbonyl (C=O) groups is 1. The van der Waals surface area contributed by atoms with Gasteiger partial charge in [-0.25, -0.2) is 4.98 Å². The van der Waals surface area contributed by atoms with Crippen molar-refractivity contribution in [3.8, 4) is 0 Å². The Labute approximate surface area is 133 Å². The van der Waals surface area contributed by atoms with Gasteiger partial charge in [-0.15, -0.1) is 11.3 Å². The molecular weight excluding hydrogens is 296 g/mol. The quantitative estimate of drug-likeness (QED) is 0.672. The van der Waals surface area contributed by atoms with Crippen molar-refractivity contribution >= 4 is 28.3 Å². The molecule has 22 heavy (non-hydrogen) atoms. The second-order valence-corrected chi connectivity index (χ2v) is 6.31. The van der Waals surface area contributed by atoms with E-state index in [1.807, 2.05) is 18.2 Å². The SMILES string of the molecule is O=C(O)CCCCn1c(Cc2cccs2)nc2ccccc21. The fraction of sp³-hybridized carbons (Fsp3) is 0.294. The highest BCUT2D eigenvalue weighted by molar-refractivity contribution is 7.09. The van der Waals surface area contributed by atoms with E-state index in [1.54, 1.807) is 11.3 Å².